The second-order valence-corrected chi connectivity index (χ2v) is 5.06. The molecule has 91 valence electrons. The summed E-state index contributed by atoms with van der Waals surface area (Å²) >= 11 is 0. The van der Waals surface area contributed by atoms with Crippen molar-refractivity contribution in [1.29, 1.82) is 0 Å². The molecule has 1 rings (SSSR count). The van der Waals surface area contributed by atoms with Crippen molar-refractivity contribution in [2.24, 2.45) is 0 Å². The Morgan fingerprint density at radius 2 is 1.94 bits per heavy atom. The lowest BCUT2D eigenvalue weighted by molar-refractivity contribution is -0.114. The van der Waals surface area contributed by atoms with Crippen LogP contribution in [0, 0.1) is 0 Å². The maximum absolute atomic E-state index is 5.85. The Morgan fingerprint density at radius 1 is 1.25 bits per heavy atom. The highest BCUT2D eigenvalue weighted by atomic mass is 16.5. The molecule has 0 aromatic rings. The molecular weight excluding hydrogens is 203 g/mol. The highest BCUT2D eigenvalue weighted by Crippen LogP contribution is 2.28. The van der Waals surface area contributed by atoms with Gasteiger partial charge in [0.2, 0.25) is 0 Å². The predicted molar refractivity (Wildman–Crippen MR) is 65.5 cm³/mol. The topological polar surface area (TPSA) is 27.7 Å². The third-order valence-corrected chi connectivity index (χ3v) is 3.46. The van der Waals surface area contributed by atoms with E-state index in [0.29, 0.717) is 6.61 Å². The Hall–Kier alpha value is -0.315. The molecule has 0 amide bonds. The normalized spacial score (nSPS) is 18.2. The van der Waals surface area contributed by atoms with Crippen LogP contribution in [-0.4, -0.2) is 39.0 Å². The molecular formula is C12H22BO3. The largest absolute Gasteiger partial charge is 0.427 e. The van der Waals surface area contributed by atoms with E-state index in [0.717, 1.165) is 13.0 Å². The van der Waals surface area contributed by atoms with Crippen molar-refractivity contribution in [3.8, 4) is 0 Å². The van der Waals surface area contributed by atoms with Gasteiger partial charge in [-0.2, -0.15) is 0 Å². The second-order valence-electron chi connectivity index (χ2n) is 5.06. The summed E-state index contributed by atoms with van der Waals surface area (Å²) in [7, 11) is 3.54. The summed E-state index contributed by atoms with van der Waals surface area (Å²) in [6.07, 6.45) is 2.98. The van der Waals surface area contributed by atoms with Crippen LogP contribution in [0.25, 0.3) is 0 Å². The monoisotopic (exact) mass is 225 g/mol. The quantitative estimate of drug-likeness (QED) is 0.671. The predicted octanol–water partition coefficient (Wildman–Crippen LogP) is 2.13. The van der Waals surface area contributed by atoms with Crippen LogP contribution < -0.4 is 0 Å². The Labute approximate surface area is 99.4 Å². The number of rotatable bonds is 5. The first-order valence-corrected chi connectivity index (χ1v) is 5.72. The van der Waals surface area contributed by atoms with Crippen molar-refractivity contribution in [2.45, 2.75) is 45.3 Å². The molecule has 1 aliphatic rings. The SMILES string of the molecule is COC(C)(C)C(C)(C)O[B]C1=CCOCC1. The van der Waals surface area contributed by atoms with Crippen LogP contribution in [-0.2, 0) is 14.1 Å². The molecule has 0 aromatic heterocycles. The van der Waals surface area contributed by atoms with Gasteiger partial charge in [-0.15, -0.1) is 0 Å². The zero-order chi connectivity index (χ0) is 12.2. The molecule has 0 saturated heterocycles. The molecule has 0 aliphatic carbocycles. The Bertz CT molecular complexity index is 259. The summed E-state index contributed by atoms with van der Waals surface area (Å²) in [5, 5.41) is 0. The minimum atomic E-state index is -0.360. The lowest BCUT2D eigenvalue weighted by Gasteiger charge is -2.40. The van der Waals surface area contributed by atoms with Crippen LogP contribution >= 0.6 is 0 Å². The highest BCUT2D eigenvalue weighted by Gasteiger charge is 2.38. The molecule has 3 nitrogen and oxygen atoms in total. The van der Waals surface area contributed by atoms with Crippen molar-refractivity contribution in [3.05, 3.63) is 11.5 Å². The van der Waals surface area contributed by atoms with Gasteiger partial charge in [0.1, 0.15) is 0 Å². The second kappa shape index (κ2) is 5.34. The molecule has 0 fully saturated rings. The van der Waals surface area contributed by atoms with Gasteiger partial charge in [0, 0.05) is 13.7 Å². The molecule has 4 heteroatoms. The van der Waals surface area contributed by atoms with E-state index in [2.05, 4.69) is 6.08 Å². The standard InChI is InChI=1S/C12H22BO3/c1-11(2,14-5)12(3,4)16-13-10-6-8-15-9-7-10/h6H,7-9H2,1-5H3. The van der Waals surface area contributed by atoms with Gasteiger partial charge >= 0.3 is 7.48 Å². The molecule has 0 spiro atoms. The van der Waals surface area contributed by atoms with E-state index in [-0.39, 0.29) is 11.2 Å². The van der Waals surface area contributed by atoms with Gasteiger partial charge in [-0.1, -0.05) is 11.5 Å². The molecule has 0 atom stereocenters. The lowest BCUT2D eigenvalue weighted by atomic mass is 9.80. The summed E-state index contributed by atoms with van der Waals surface area (Å²) in [4.78, 5) is 0. The van der Waals surface area contributed by atoms with Crippen LogP contribution in [0.5, 0.6) is 0 Å². The smallest absolute Gasteiger partial charge is 0.326 e. The third-order valence-electron chi connectivity index (χ3n) is 3.46. The van der Waals surface area contributed by atoms with Gasteiger partial charge < -0.3 is 14.1 Å². The van der Waals surface area contributed by atoms with E-state index in [1.807, 2.05) is 35.2 Å². The van der Waals surface area contributed by atoms with E-state index >= 15 is 0 Å². The van der Waals surface area contributed by atoms with Crippen molar-refractivity contribution in [1.82, 2.24) is 0 Å². The first-order valence-electron chi connectivity index (χ1n) is 5.72. The summed E-state index contributed by atoms with van der Waals surface area (Å²) in [6.45, 7) is 9.58. The molecule has 16 heavy (non-hydrogen) atoms. The maximum atomic E-state index is 5.85. The van der Waals surface area contributed by atoms with Crippen LogP contribution in [0.3, 0.4) is 0 Å². The summed E-state index contributed by atoms with van der Waals surface area (Å²) in [5.74, 6) is 0. The molecule has 1 heterocycles. The maximum Gasteiger partial charge on any atom is 0.326 e. The number of hydrogen-bond acceptors (Lipinski definition) is 3. The van der Waals surface area contributed by atoms with Crippen LogP contribution in [0.2, 0.25) is 0 Å². The van der Waals surface area contributed by atoms with Gasteiger partial charge in [0.05, 0.1) is 17.8 Å². The van der Waals surface area contributed by atoms with Gasteiger partial charge in [-0.05, 0) is 34.1 Å². The van der Waals surface area contributed by atoms with Crippen molar-refractivity contribution < 1.29 is 14.1 Å². The summed E-state index contributed by atoms with van der Waals surface area (Å²) in [5.41, 5.74) is 0.516. The molecule has 0 N–H and O–H groups in total. The van der Waals surface area contributed by atoms with Gasteiger partial charge in [0.25, 0.3) is 0 Å². The fourth-order valence-electron chi connectivity index (χ4n) is 1.26. The average Bonchev–Trinajstić information content (AvgIpc) is 2.27. The van der Waals surface area contributed by atoms with Gasteiger partial charge in [0.15, 0.2) is 0 Å². The molecule has 0 bridgehead atoms. The van der Waals surface area contributed by atoms with Crippen molar-refractivity contribution >= 4 is 7.48 Å². The number of methoxy groups -OCH3 is 1. The van der Waals surface area contributed by atoms with Crippen LogP contribution in [0.4, 0.5) is 0 Å². The first-order chi connectivity index (χ1) is 7.39. The molecule has 1 aliphatic heterocycles. The molecule has 0 saturated carbocycles. The Balaban J connectivity index is 2.50. The Morgan fingerprint density at radius 3 is 2.44 bits per heavy atom. The minimum absolute atomic E-state index is 0.324. The summed E-state index contributed by atoms with van der Waals surface area (Å²) in [6, 6.07) is 0. The zero-order valence-corrected chi connectivity index (χ0v) is 11.0. The third kappa shape index (κ3) is 3.34. The van der Waals surface area contributed by atoms with Crippen LogP contribution in [0.1, 0.15) is 34.1 Å². The first kappa shape index (κ1) is 13.7. The minimum Gasteiger partial charge on any atom is -0.427 e. The van der Waals surface area contributed by atoms with Crippen molar-refractivity contribution in [3.63, 3.8) is 0 Å². The van der Waals surface area contributed by atoms with E-state index in [9.17, 15) is 0 Å². The van der Waals surface area contributed by atoms with E-state index in [1.165, 1.54) is 5.47 Å². The van der Waals surface area contributed by atoms with E-state index in [4.69, 9.17) is 14.1 Å². The zero-order valence-electron chi connectivity index (χ0n) is 11.0. The van der Waals surface area contributed by atoms with Crippen molar-refractivity contribution in [2.75, 3.05) is 20.3 Å². The fourth-order valence-corrected chi connectivity index (χ4v) is 1.26. The summed E-state index contributed by atoms with van der Waals surface area (Å²) < 4.78 is 16.5. The lowest BCUT2D eigenvalue weighted by Crippen LogP contribution is -2.49. The fraction of sp³-hybridized carbons (Fsp3) is 0.833. The van der Waals surface area contributed by atoms with Gasteiger partial charge in [-0.3, -0.25) is 0 Å². The highest BCUT2D eigenvalue weighted by molar-refractivity contribution is 6.38. The Kier molecular flexibility index (Phi) is 4.59. The van der Waals surface area contributed by atoms with Gasteiger partial charge in [-0.25, -0.2) is 0 Å². The van der Waals surface area contributed by atoms with E-state index in [1.54, 1.807) is 7.11 Å². The molecule has 0 unspecified atom stereocenters. The number of ether oxygens (including phenoxy) is 2. The molecule has 1 radical (unpaired) electrons. The van der Waals surface area contributed by atoms with Crippen LogP contribution in [0.15, 0.2) is 11.5 Å². The number of hydrogen-bond donors (Lipinski definition) is 0. The van der Waals surface area contributed by atoms with E-state index < -0.39 is 0 Å². The molecule has 0 aromatic carbocycles. The average molecular weight is 225 g/mol.